The van der Waals surface area contributed by atoms with Crippen LogP contribution < -0.4 is 15.9 Å². The van der Waals surface area contributed by atoms with Crippen molar-refractivity contribution < 1.29 is 18.4 Å². The maximum absolute atomic E-state index is 13.1. The molecule has 3 aromatic rings. The Morgan fingerprint density at radius 3 is 2.70 bits per heavy atom. The van der Waals surface area contributed by atoms with Gasteiger partial charge in [-0.2, -0.15) is 9.67 Å². The summed E-state index contributed by atoms with van der Waals surface area (Å²) < 4.78 is 20.2. The summed E-state index contributed by atoms with van der Waals surface area (Å²) in [5, 5.41) is 2.61. The van der Waals surface area contributed by atoms with Crippen LogP contribution in [-0.4, -0.2) is 26.3 Å². The number of hydrogen-bond acceptors (Lipinski definition) is 5. The molecular formula is C17H14FN5O4. The van der Waals surface area contributed by atoms with Gasteiger partial charge in [0.2, 0.25) is 5.91 Å². The Morgan fingerprint density at radius 1 is 1.22 bits per heavy atom. The van der Waals surface area contributed by atoms with E-state index in [9.17, 15) is 18.8 Å². The predicted molar refractivity (Wildman–Crippen MR) is 90.4 cm³/mol. The van der Waals surface area contributed by atoms with E-state index < -0.39 is 23.4 Å². The van der Waals surface area contributed by atoms with Crippen LogP contribution in [0.1, 0.15) is 11.6 Å². The number of nitrogens with one attached hydrogen (secondary N) is 1. The van der Waals surface area contributed by atoms with E-state index in [1.165, 1.54) is 35.4 Å². The average Bonchev–Trinajstić information content (AvgIpc) is 3.34. The molecule has 0 aliphatic carbocycles. The number of furan rings is 1. The molecule has 0 spiro atoms. The molecule has 10 heteroatoms. The summed E-state index contributed by atoms with van der Waals surface area (Å²) in [4.78, 5) is 42.1. The van der Waals surface area contributed by atoms with Gasteiger partial charge >= 0.3 is 11.7 Å². The Morgan fingerprint density at radius 2 is 2.00 bits per heavy atom. The van der Waals surface area contributed by atoms with Gasteiger partial charge in [0.1, 0.15) is 18.1 Å². The van der Waals surface area contributed by atoms with Gasteiger partial charge in [0.15, 0.2) is 5.82 Å². The zero-order valence-corrected chi connectivity index (χ0v) is 14.0. The molecule has 0 fully saturated rings. The second-order valence-corrected chi connectivity index (χ2v) is 5.88. The number of amides is 2. The number of hydrogen-bond donors (Lipinski definition) is 1. The molecule has 0 unspecified atom stereocenters. The second-order valence-electron chi connectivity index (χ2n) is 5.88. The summed E-state index contributed by atoms with van der Waals surface area (Å²) in [6, 6.07) is 8.24. The maximum Gasteiger partial charge on any atom is 0.365 e. The third kappa shape index (κ3) is 3.12. The molecule has 138 valence electrons. The zero-order valence-electron chi connectivity index (χ0n) is 14.0. The minimum Gasteiger partial charge on any atom is -0.467 e. The number of halogens is 1. The number of nitrogens with zero attached hydrogens (tertiary/aromatic N) is 4. The standard InChI is InChI=1S/C17H14FN5O4/c18-11-3-5-12(6-4-11)21-9-14-20-16(25)22(23(14)17(21)26)10-15(24)19-8-13-2-1-7-27-13/h1-7H,8-10H2,(H,19,24). The minimum absolute atomic E-state index is 0.0563. The Balaban J connectivity index is 1.52. The molecule has 2 aromatic heterocycles. The molecule has 0 saturated carbocycles. The Kier molecular flexibility index (Phi) is 4.07. The minimum atomic E-state index is -0.690. The van der Waals surface area contributed by atoms with Gasteiger partial charge in [-0.1, -0.05) is 0 Å². The number of carbonyl (C=O) groups excluding carboxylic acids is 2. The third-order valence-electron chi connectivity index (χ3n) is 4.11. The van der Waals surface area contributed by atoms with Crippen LogP contribution in [0.4, 0.5) is 14.9 Å². The van der Waals surface area contributed by atoms with Crippen molar-refractivity contribution in [3.63, 3.8) is 0 Å². The van der Waals surface area contributed by atoms with E-state index in [1.54, 1.807) is 12.1 Å². The van der Waals surface area contributed by atoms with Crippen molar-refractivity contribution >= 4 is 17.6 Å². The van der Waals surface area contributed by atoms with Gasteiger partial charge in [-0.3, -0.25) is 9.69 Å². The smallest absolute Gasteiger partial charge is 0.365 e. The fraction of sp³-hybridized carbons (Fsp3) is 0.176. The van der Waals surface area contributed by atoms with Crippen LogP contribution in [0.5, 0.6) is 0 Å². The molecule has 1 aromatic carbocycles. The lowest BCUT2D eigenvalue weighted by Crippen LogP contribution is -2.38. The highest BCUT2D eigenvalue weighted by Gasteiger charge is 2.33. The van der Waals surface area contributed by atoms with E-state index in [0.717, 1.165) is 9.36 Å². The van der Waals surface area contributed by atoms with Crippen molar-refractivity contribution in [2.45, 2.75) is 19.6 Å². The number of anilines is 1. The van der Waals surface area contributed by atoms with Crippen molar-refractivity contribution in [3.05, 3.63) is 70.5 Å². The van der Waals surface area contributed by atoms with Crippen molar-refractivity contribution in [2.75, 3.05) is 4.90 Å². The second kappa shape index (κ2) is 6.56. The Bertz CT molecular complexity index is 1050. The van der Waals surface area contributed by atoms with E-state index in [-0.39, 0.29) is 25.5 Å². The SMILES string of the molecule is O=C(Cn1c(=O)nc2n1C(=O)N(c1ccc(F)cc1)C2)NCc1ccco1. The summed E-state index contributed by atoms with van der Waals surface area (Å²) in [5.74, 6) is -0.113. The molecule has 2 amide bonds. The molecule has 1 aliphatic heterocycles. The highest BCUT2D eigenvalue weighted by molar-refractivity contribution is 5.95. The van der Waals surface area contributed by atoms with E-state index in [4.69, 9.17) is 4.42 Å². The lowest BCUT2D eigenvalue weighted by Gasteiger charge is -2.15. The van der Waals surface area contributed by atoms with Gasteiger partial charge < -0.3 is 9.73 Å². The summed E-state index contributed by atoms with van der Waals surface area (Å²) in [6.07, 6.45) is 1.48. The normalized spacial score (nSPS) is 13.1. The summed E-state index contributed by atoms with van der Waals surface area (Å²) in [7, 11) is 0. The van der Waals surface area contributed by atoms with Gasteiger partial charge in [-0.05, 0) is 36.4 Å². The van der Waals surface area contributed by atoms with Gasteiger partial charge in [0.05, 0.1) is 19.4 Å². The molecule has 1 aliphatic rings. The summed E-state index contributed by atoms with van der Waals surface area (Å²) in [5.41, 5.74) is -0.224. The maximum atomic E-state index is 13.1. The van der Waals surface area contributed by atoms with Gasteiger partial charge in [0, 0.05) is 5.69 Å². The molecule has 4 rings (SSSR count). The molecule has 0 radical (unpaired) electrons. The van der Waals surface area contributed by atoms with Crippen LogP contribution in [-0.2, 0) is 24.4 Å². The predicted octanol–water partition coefficient (Wildman–Crippen LogP) is 1.08. The molecule has 0 saturated heterocycles. The first-order chi connectivity index (χ1) is 13.0. The lowest BCUT2D eigenvalue weighted by atomic mass is 10.3. The molecule has 9 nitrogen and oxygen atoms in total. The van der Waals surface area contributed by atoms with Crippen molar-refractivity contribution in [1.82, 2.24) is 19.7 Å². The first-order valence-electron chi connectivity index (χ1n) is 8.08. The number of benzene rings is 1. The van der Waals surface area contributed by atoms with E-state index in [0.29, 0.717) is 11.4 Å². The molecule has 3 heterocycles. The fourth-order valence-electron chi connectivity index (χ4n) is 2.83. The largest absolute Gasteiger partial charge is 0.467 e. The van der Waals surface area contributed by atoms with Crippen molar-refractivity contribution in [3.8, 4) is 0 Å². The van der Waals surface area contributed by atoms with Crippen LogP contribution in [0.25, 0.3) is 0 Å². The third-order valence-corrected chi connectivity index (χ3v) is 4.11. The molecule has 0 atom stereocenters. The van der Waals surface area contributed by atoms with Crippen LogP contribution in [0.15, 0.2) is 51.9 Å². The summed E-state index contributed by atoms with van der Waals surface area (Å²) in [6.45, 7) is -0.145. The van der Waals surface area contributed by atoms with E-state index >= 15 is 0 Å². The highest BCUT2D eigenvalue weighted by Crippen LogP contribution is 2.22. The molecule has 1 N–H and O–H groups in total. The van der Waals surface area contributed by atoms with Crippen LogP contribution >= 0.6 is 0 Å². The van der Waals surface area contributed by atoms with Gasteiger partial charge in [0.25, 0.3) is 0 Å². The zero-order chi connectivity index (χ0) is 19.0. The van der Waals surface area contributed by atoms with Crippen molar-refractivity contribution in [1.29, 1.82) is 0 Å². The molecular weight excluding hydrogens is 357 g/mol. The topological polar surface area (TPSA) is 102 Å². The number of rotatable bonds is 5. The van der Waals surface area contributed by atoms with Crippen LogP contribution in [0, 0.1) is 5.82 Å². The first kappa shape index (κ1) is 16.8. The first-order valence-corrected chi connectivity index (χ1v) is 8.08. The van der Waals surface area contributed by atoms with Crippen LogP contribution in [0.3, 0.4) is 0 Å². The average molecular weight is 371 g/mol. The number of carbonyl (C=O) groups is 2. The van der Waals surface area contributed by atoms with Gasteiger partial charge in [-0.25, -0.2) is 18.7 Å². The highest BCUT2D eigenvalue weighted by atomic mass is 19.1. The quantitative estimate of drug-likeness (QED) is 0.723. The van der Waals surface area contributed by atoms with Gasteiger partial charge in [-0.15, -0.1) is 0 Å². The number of fused-ring (bicyclic) bond motifs is 1. The molecule has 0 bridgehead atoms. The van der Waals surface area contributed by atoms with Crippen molar-refractivity contribution in [2.24, 2.45) is 0 Å². The Labute approximate surface area is 151 Å². The van der Waals surface area contributed by atoms with E-state index in [2.05, 4.69) is 10.3 Å². The van der Waals surface area contributed by atoms with E-state index in [1.807, 2.05) is 0 Å². The monoisotopic (exact) mass is 371 g/mol. The molecule has 27 heavy (non-hydrogen) atoms. The van der Waals surface area contributed by atoms with Crippen LogP contribution in [0.2, 0.25) is 0 Å². The lowest BCUT2D eigenvalue weighted by molar-refractivity contribution is -0.122. The Hall–Kier alpha value is -3.69. The summed E-state index contributed by atoms with van der Waals surface area (Å²) >= 11 is 0. The fourth-order valence-corrected chi connectivity index (χ4v) is 2.83. The number of aromatic nitrogens is 3.